The molecule has 3 fully saturated rings. The first-order valence-electron chi connectivity index (χ1n) is 8.19. The van der Waals surface area contributed by atoms with Gasteiger partial charge in [0.2, 0.25) is 11.8 Å². The van der Waals surface area contributed by atoms with Crippen LogP contribution in [-0.4, -0.2) is 34.8 Å². The number of amides is 2. The lowest BCUT2D eigenvalue weighted by Crippen LogP contribution is -2.74. The normalized spacial score (nSPS) is 29.2. The van der Waals surface area contributed by atoms with E-state index in [4.69, 9.17) is 0 Å². The average molecular weight is 278 g/mol. The highest BCUT2D eigenvalue weighted by atomic mass is 16.2. The Bertz CT molecular complexity index is 407. The van der Waals surface area contributed by atoms with Crippen molar-refractivity contribution in [2.75, 3.05) is 0 Å². The van der Waals surface area contributed by atoms with Crippen molar-refractivity contribution in [3.63, 3.8) is 0 Å². The molecule has 4 heteroatoms. The van der Waals surface area contributed by atoms with E-state index < -0.39 is 0 Å². The molecule has 0 bridgehead atoms. The van der Waals surface area contributed by atoms with E-state index in [-0.39, 0.29) is 29.3 Å². The van der Waals surface area contributed by atoms with Crippen LogP contribution in [0.3, 0.4) is 0 Å². The Morgan fingerprint density at radius 3 is 2.35 bits per heavy atom. The second-order valence-corrected chi connectivity index (χ2v) is 7.06. The van der Waals surface area contributed by atoms with Crippen molar-refractivity contribution < 1.29 is 9.59 Å². The van der Waals surface area contributed by atoms with Crippen molar-refractivity contribution in [1.82, 2.24) is 10.2 Å². The molecule has 112 valence electrons. The summed E-state index contributed by atoms with van der Waals surface area (Å²) < 4.78 is 0. The number of rotatable bonds is 3. The molecule has 0 aromatic rings. The van der Waals surface area contributed by atoms with E-state index in [2.05, 4.69) is 5.32 Å². The minimum Gasteiger partial charge on any atom is -0.352 e. The molecule has 3 rings (SSSR count). The van der Waals surface area contributed by atoms with Crippen LogP contribution in [-0.2, 0) is 9.59 Å². The highest BCUT2D eigenvalue weighted by molar-refractivity contribution is 6.02. The first-order valence-corrected chi connectivity index (χ1v) is 8.19. The Labute approximate surface area is 121 Å². The number of likely N-dealkylation sites (tertiary alicyclic amines) is 1. The number of carbonyl (C=O) groups is 2. The van der Waals surface area contributed by atoms with Gasteiger partial charge in [-0.05, 0) is 39.5 Å². The molecular weight excluding hydrogens is 252 g/mol. The molecule has 0 aromatic carbocycles. The van der Waals surface area contributed by atoms with E-state index in [1.165, 1.54) is 12.8 Å². The highest BCUT2D eigenvalue weighted by Crippen LogP contribution is 2.52. The van der Waals surface area contributed by atoms with Gasteiger partial charge in [0.25, 0.3) is 0 Å². The summed E-state index contributed by atoms with van der Waals surface area (Å²) in [7, 11) is 0. The summed E-state index contributed by atoms with van der Waals surface area (Å²) >= 11 is 0. The van der Waals surface area contributed by atoms with Crippen LogP contribution in [0, 0.1) is 5.41 Å². The van der Waals surface area contributed by atoms with Crippen LogP contribution in [0.15, 0.2) is 0 Å². The minimum absolute atomic E-state index is 0.104. The summed E-state index contributed by atoms with van der Waals surface area (Å²) in [5.74, 6) is 0.323. The summed E-state index contributed by atoms with van der Waals surface area (Å²) in [5.41, 5.74) is -0.354. The lowest BCUT2D eigenvalue weighted by atomic mass is 9.68. The molecule has 2 saturated carbocycles. The number of β-lactam (4-membered cyclic amide) rings is 1. The van der Waals surface area contributed by atoms with Crippen LogP contribution in [0.1, 0.15) is 65.2 Å². The molecule has 1 heterocycles. The van der Waals surface area contributed by atoms with Gasteiger partial charge in [-0.2, -0.15) is 0 Å². The Morgan fingerprint density at radius 2 is 1.80 bits per heavy atom. The fraction of sp³-hybridized carbons (Fsp3) is 0.875. The summed E-state index contributed by atoms with van der Waals surface area (Å²) in [6.07, 6.45) is 8.61. The molecule has 1 atom stereocenters. The number of nitrogens with zero attached hydrogens (tertiary/aromatic N) is 1. The molecule has 1 saturated heterocycles. The Kier molecular flexibility index (Phi) is 3.51. The van der Waals surface area contributed by atoms with E-state index in [1.54, 1.807) is 0 Å². The SMILES string of the molecule is CC(C)N1C(=O)C2(CCCC2)C1C(=O)NC1CCCC1. The zero-order valence-corrected chi connectivity index (χ0v) is 12.7. The van der Waals surface area contributed by atoms with Crippen LogP contribution in [0.4, 0.5) is 0 Å². The molecular formula is C16H26N2O2. The third kappa shape index (κ3) is 1.95. The Hall–Kier alpha value is -1.06. The molecule has 2 amide bonds. The molecule has 20 heavy (non-hydrogen) atoms. The van der Waals surface area contributed by atoms with Crippen molar-refractivity contribution in [2.45, 2.75) is 83.3 Å². The number of carbonyl (C=O) groups excluding carboxylic acids is 2. The van der Waals surface area contributed by atoms with E-state index in [9.17, 15) is 9.59 Å². The molecule has 3 aliphatic rings. The smallest absolute Gasteiger partial charge is 0.244 e. The van der Waals surface area contributed by atoms with Crippen LogP contribution in [0.25, 0.3) is 0 Å². The van der Waals surface area contributed by atoms with Crippen LogP contribution in [0.5, 0.6) is 0 Å². The van der Waals surface area contributed by atoms with Crippen LogP contribution >= 0.6 is 0 Å². The standard InChI is InChI=1S/C16H26N2O2/c1-11(2)18-13(14(19)17-12-7-3-4-8-12)16(15(18)20)9-5-6-10-16/h11-13H,3-10H2,1-2H3,(H,17,19). The van der Waals surface area contributed by atoms with Crippen molar-refractivity contribution in [3.8, 4) is 0 Å². The van der Waals surface area contributed by atoms with Crippen molar-refractivity contribution in [3.05, 3.63) is 0 Å². The molecule has 1 N–H and O–H groups in total. The van der Waals surface area contributed by atoms with Gasteiger partial charge >= 0.3 is 0 Å². The van der Waals surface area contributed by atoms with Gasteiger partial charge in [0.15, 0.2) is 0 Å². The number of hydrogen-bond acceptors (Lipinski definition) is 2. The van der Waals surface area contributed by atoms with Gasteiger partial charge in [-0.15, -0.1) is 0 Å². The van der Waals surface area contributed by atoms with Gasteiger partial charge in [0, 0.05) is 12.1 Å². The van der Waals surface area contributed by atoms with Crippen molar-refractivity contribution >= 4 is 11.8 Å². The predicted molar refractivity (Wildman–Crippen MR) is 77.1 cm³/mol. The summed E-state index contributed by atoms with van der Waals surface area (Å²) in [4.78, 5) is 27.0. The zero-order chi connectivity index (χ0) is 14.3. The van der Waals surface area contributed by atoms with Crippen LogP contribution < -0.4 is 5.32 Å². The molecule has 1 unspecified atom stereocenters. The molecule has 1 aliphatic heterocycles. The van der Waals surface area contributed by atoms with E-state index in [1.807, 2.05) is 18.7 Å². The van der Waals surface area contributed by atoms with E-state index in [0.717, 1.165) is 38.5 Å². The second kappa shape index (κ2) is 5.05. The molecule has 0 radical (unpaired) electrons. The van der Waals surface area contributed by atoms with Crippen molar-refractivity contribution in [1.29, 1.82) is 0 Å². The molecule has 0 aromatic heterocycles. The lowest BCUT2D eigenvalue weighted by Gasteiger charge is -2.55. The zero-order valence-electron chi connectivity index (χ0n) is 12.7. The highest BCUT2D eigenvalue weighted by Gasteiger charge is 2.64. The lowest BCUT2D eigenvalue weighted by molar-refractivity contribution is -0.181. The van der Waals surface area contributed by atoms with Crippen LogP contribution in [0.2, 0.25) is 0 Å². The number of hydrogen-bond donors (Lipinski definition) is 1. The summed E-state index contributed by atoms with van der Waals surface area (Å²) in [5, 5.41) is 3.20. The van der Waals surface area contributed by atoms with Gasteiger partial charge in [-0.1, -0.05) is 25.7 Å². The summed E-state index contributed by atoms with van der Waals surface area (Å²) in [6, 6.07) is 0.247. The molecule has 4 nitrogen and oxygen atoms in total. The quantitative estimate of drug-likeness (QED) is 0.805. The second-order valence-electron chi connectivity index (χ2n) is 7.06. The van der Waals surface area contributed by atoms with Crippen molar-refractivity contribution in [2.24, 2.45) is 5.41 Å². The van der Waals surface area contributed by atoms with Gasteiger partial charge in [-0.25, -0.2) is 0 Å². The largest absolute Gasteiger partial charge is 0.352 e. The molecule has 1 spiro atoms. The maximum absolute atomic E-state index is 12.7. The first kappa shape index (κ1) is 13.9. The Morgan fingerprint density at radius 1 is 1.20 bits per heavy atom. The van der Waals surface area contributed by atoms with E-state index in [0.29, 0.717) is 6.04 Å². The average Bonchev–Trinajstić information content (AvgIpc) is 3.05. The Balaban J connectivity index is 1.76. The monoisotopic (exact) mass is 278 g/mol. The molecule has 2 aliphatic carbocycles. The topological polar surface area (TPSA) is 49.4 Å². The first-order chi connectivity index (χ1) is 9.56. The van der Waals surface area contributed by atoms with Gasteiger partial charge in [-0.3, -0.25) is 9.59 Å². The summed E-state index contributed by atoms with van der Waals surface area (Å²) in [6.45, 7) is 4.02. The fourth-order valence-corrected chi connectivity index (χ4v) is 4.44. The fourth-order valence-electron chi connectivity index (χ4n) is 4.44. The maximum atomic E-state index is 12.7. The van der Waals surface area contributed by atoms with Gasteiger partial charge < -0.3 is 10.2 Å². The number of nitrogens with one attached hydrogen (secondary N) is 1. The third-order valence-corrected chi connectivity index (χ3v) is 5.46. The minimum atomic E-state index is -0.354. The van der Waals surface area contributed by atoms with E-state index >= 15 is 0 Å². The predicted octanol–water partition coefficient (Wildman–Crippen LogP) is 2.22. The van der Waals surface area contributed by atoms with Gasteiger partial charge in [0.1, 0.15) is 6.04 Å². The third-order valence-electron chi connectivity index (χ3n) is 5.46. The maximum Gasteiger partial charge on any atom is 0.244 e. The van der Waals surface area contributed by atoms with Gasteiger partial charge in [0.05, 0.1) is 5.41 Å².